The molecule has 1 saturated carbocycles. The molecule has 0 aliphatic heterocycles. The van der Waals surface area contributed by atoms with Crippen LogP contribution in [0.2, 0.25) is 0 Å². The van der Waals surface area contributed by atoms with E-state index < -0.39 is 23.6 Å². The topological polar surface area (TPSA) is 84.2 Å². The standard InChI is InChI=1S/C16H21F2N3O2/c1-9(22)21-15(12-5-4-11(17)6-13(12)18)7-16(23)20-8-14(19)10-2-3-10/h4-6,10,14-15H,2-3,7-8,19H2,1H3,(H,20,23)(H,21,22). The van der Waals surface area contributed by atoms with Gasteiger partial charge in [0.2, 0.25) is 11.8 Å². The van der Waals surface area contributed by atoms with Crippen LogP contribution in [0.4, 0.5) is 8.78 Å². The van der Waals surface area contributed by atoms with Crippen molar-refractivity contribution in [3.8, 4) is 0 Å². The summed E-state index contributed by atoms with van der Waals surface area (Å²) in [5.74, 6) is -1.81. The van der Waals surface area contributed by atoms with Crippen LogP contribution in [-0.2, 0) is 9.59 Å². The van der Waals surface area contributed by atoms with Crippen LogP contribution in [0.1, 0.15) is 37.8 Å². The van der Waals surface area contributed by atoms with Crippen LogP contribution in [0.3, 0.4) is 0 Å². The Morgan fingerprint density at radius 2 is 2.04 bits per heavy atom. The van der Waals surface area contributed by atoms with E-state index in [9.17, 15) is 18.4 Å². The van der Waals surface area contributed by atoms with Crippen LogP contribution < -0.4 is 16.4 Å². The minimum atomic E-state index is -0.856. The van der Waals surface area contributed by atoms with Crippen molar-refractivity contribution in [2.45, 2.75) is 38.3 Å². The van der Waals surface area contributed by atoms with Gasteiger partial charge in [0.25, 0.3) is 0 Å². The van der Waals surface area contributed by atoms with E-state index in [0.29, 0.717) is 12.5 Å². The predicted molar refractivity (Wildman–Crippen MR) is 81.2 cm³/mol. The molecule has 0 spiro atoms. The minimum Gasteiger partial charge on any atom is -0.354 e. The number of hydrogen-bond donors (Lipinski definition) is 3. The van der Waals surface area contributed by atoms with Crippen LogP contribution in [0.25, 0.3) is 0 Å². The molecule has 1 aromatic rings. The molecule has 0 radical (unpaired) electrons. The van der Waals surface area contributed by atoms with Gasteiger partial charge >= 0.3 is 0 Å². The molecular weight excluding hydrogens is 304 g/mol. The molecule has 23 heavy (non-hydrogen) atoms. The average molecular weight is 325 g/mol. The number of hydrogen-bond acceptors (Lipinski definition) is 3. The summed E-state index contributed by atoms with van der Waals surface area (Å²) < 4.78 is 26.9. The van der Waals surface area contributed by atoms with Gasteiger partial charge in [-0.25, -0.2) is 8.78 Å². The lowest BCUT2D eigenvalue weighted by Crippen LogP contribution is -2.40. The molecular formula is C16H21F2N3O2. The number of halogens is 2. The van der Waals surface area contributed by atoms with Gasteiger partial charge in [-0.2, -0.15) is 0 Å². The van der Waals surface area contributed by atoms with Crippen molar-refractivity contribution in [1.82, 2.24) is 10.6 Å². The van der Waals surface area contributed by atoms with Crippen molar-refractivity contribution < 1.29 is 18.4 Å². The Morgan fingerprint density at radius 3 is 2.61 bits per heavy atom. The van der Waals surface area contributed by atoms with E-state index in [-0.39, 0.29) is 23.9 Å². The van der Waals surface area contributed by atoms with Gasteiger partial charge < -0.3 is 16.4 Å². The highest BCUT2D eigenvalue weighted by atomic mass is 19.1. The highest BCUT2D eigenvalue weighted by Gasteiger charge is 2.29. The summed E-state index contributed by atoms with van der Waals surface area (Å²) in [6.45, 7) is 1.62. The number of carbonyl (C=O) groups excluding carboxylic acids is 2. The third kappa shape index (κ3) is 5.28. The maximum atomic E-state index is 13.9. The molecule has 0 bridgehead atoms. The van der Waals surface area contributed by atoms with Crippen LogP contribution in [-0.4, -0.2) is 24.4 Å². The van der Waals surface area contributed by atoms with Gasteiger partial charge in [-0.1, -0.05) is 6.07 Å². The molecule has 7 heteroatoms. The van der Waals surface area contributed by atoms with Gasteiger partial charge in [-0.3, -0.25) is 9.59 Å². The van der Waals surface area contributed by atoms with E-state index in [4.69, 9.17) is 5.73 Å². The van der Waals surface area contributed by atoms with Crippen LogP contribution in [0, 0.1) is 17.6 Å². The maximum absolute atomic E-state index is 13.9. The smallest absolute Gasteiger partial charge is 0.222 e. The van der Waals surface area contributed by atoms with Gasteiger partial charge in [0.1, 0.15) is 11.6 Å². The molecule has 0 saturated heterocycles. The van der Waals surface area contributed by atoms with Gasteiger partial charge in [0, 0.05) is 31.1 Å². The van der Waals surface area contributed by atoms with E-state index in [0.717, 1.165) is 25.0 Å². The quantitative estimate of drug-likeness (QED) is 0.708. The van der Waals surface area contributed by atoms with Crippen molar-refractivity contribution in [3.05, 3.63) is 35.4 Å². The number of carbonyl (C=O) groups is 2. The fraction of sp³-hybridized carbons (Fsp3) is 0.500. The van der Waals surface area contributed by atoms with E-state index in [2.05, 4.69) is 10.6 Å². The van der Waals surface area contributed by atoms with Gasteiger partial charge in [-0.05, 0) is 24.8 Å². The molecule has 126 valence electrons. The molecule has 2 amide bonds. The van der Waals surface area contributed by atoms with Crippen LogP contribution in [0.5, 0.6) is 0 Å². The molecule has 0 heterocycles. The number of amides is 2. The minimum absolute atomic E-state index is 0.0724. The summed E-state index contributed by atoms with van der Waals surface area (Å²) >= 11 is 0. The summed E-state index contributed by atoms with van der Waals surface area (Å²) in [5.41, 5.74) is 5.98. The molecule has 5 nitrogen and oxygen atoms in total. The number of nitrogens with two attached hydrogens (primary N) is 1. The van der Waals surface area contributed by atoms with Gasteiger partial charge in [0.05, 0.1) is 12.5 Å². The van der Waals surface area contributed by atoms with Crippen molar-refractivity contribution in [3.63, 3.8) is 0 Å². The molecule has 4 N–H and O–H groups in total. The zero-order chi connectivity index (χ0) is 17.0. The summed E-state index contributed by atoms with van der Waals surface area (Å²) in [5, 5.41) is 5.21. The molecule has 0 aromatic heterocycles. The third-order valence-corrected chi connectivity index (χ3v) is 3.87. The van der Waals surface area contributed by atoms with E-state index >= 15 is 0 Å². The lowest BCUT2D eigenvalue weighted by Gasteiger charge is -2.19. The second kappa shape index (κ2) is 7.50. The van der Waals surface area contributed by atoms with Gasteiger partial charge in [-0.15, -0.1) is 0 Å². The molecule has 1 aliphatic carbocycles. The zero-order valence-corrected chi connectivity index (χ0v) is 12.9. The highest BCUT2D eigenvalue weighted by molar-refractivity contribution is 5.79. The first-order valence-electron chi connectivity index (χ1n) is 7.61. The predicted octanol–water partition coefficient (Wildman–Crippen LogP) is 1.39. The first kappa shape index (κ1) is 17.3. The lowest BCUT2D eigenvalue weighted by atomic mass is 10.0. The summed E-state index contributed by atoms with van der Waals surface area (Å²) in [6.07, 6.45) is 2.01. The number of nitrogens with one attached hydrogen (secondary N) is 2. The zero-order valence-electron chi connectivity index (χ0n) is 12.9. The highest BCUT2D eigenvalue weighted by Crippen LogP contribution is 2.31. The summed E-state index contributed by atoms with van der Waals surface area (Å²) in [4.78, 5) is 23.3. The molecule has 1 aromatic carbocycles. The first-order chi connectivity index (χ1) is 10.9. The number of benzene rings is 1. The van der Waals surface area contributed by atoms with E-state index in [1.165, 1.54) is 13.0 Å². The Kier molecular flexibility index (Phi) is 5.65. The van der Waals surface area contributed by atoms with E-state index in [1.807, 2.05) is 0 Å². The Labute approximate surface area is 133 Å². The molecule has 2 rings (SSSR count). The monoisotopic (exact) mass is 325 g/mol. The fourth-order valence-electron chi connectivity index (χ4n) is 2.45. The molecule has 1 aliphatic rings. The van der Waals surface area contributed by atoms with Crippen LogP contribution in [0.15, 0.2) is 18.2 Å². The van der Waals surface area contributed by atoms with Crippen molar-refractivity contribution >= 4 is 11.8 Å². The van der Waals surface area contributed by atoms with E-state index in [1.54, 1.807) is 0 Å². The van der Waals surface area contributed by atoms with Gasteiger partial charge in [0.15, 0.2) is 0 Å². The molecule has 2 unspecified atom stereocenters. The van der Waals surface area contributed by atoms with Crippen LogP contribution >= 0.6 is 0 Å². The van der Waals surface area contributed by atoms with Crippen molar-refractivity contribution in [2.24, 2.45) is 11.7 Å². The fourth-order valence-corrected chi connectivity index (χ4v) is 2.45. The normalized spacial score (nSPS) is 16.5. The third-order valence-electron chi connectivity index (χ3n) is 3.87. The summed E-state index contributed by atoms with van der Waals surface area (Å²) in [7, 11) is 0. The number of rotatable bonds is 7. The Hall–Kier alpha value is -2.02. The summed E-state index contributed by atoms with van der Waals surface area (Å²) in [6, 6.07) is 2.11. The van der Waals surface area contributed by atoms with Crippen molar-refractivity contribution in [2.75, 3.05) is 6.54 Å². The average Bonchev–Trinajstić information content (AvgIpc) is 3.28. The van der Waals surface area contributed by atoms with Crippen molar-refractivity contribution in [1.29, 1.82) is 0 Å². The Morgan fingerprint density at radius 1 is 1.35 bits per heavy atom. The Balaban J connectivity index is 1.99. The largest absolute Gasteiger partial charge is 0.354 e. The SMILES string of the molecule is CC(=O)NC(CC(=O)NCC(N)C1CC1)c1ccc(F)cc1F. The lowest BCUT2D eigenvalue weighted by molar-refractivity contribution is -0.122. The first-order valence-corrected chi connectivity index (χ1v) is 7.61. The maximum Gasteiger partial charge on any atom is 0.222 e. The Bertz CT molecular complexity index is 591. The molecule has 2 atom stereocenters. The molecule has 1 fully saturated rings. The second-order valence-corrected chi connectivity index (χ2v) is 5.93. The second-order valence-electron chi connectivity index (χ2n) is 5.93.